The zero-order valence-electron chi connectivity index (χ0n) is 11.4. The Kier molecular flexibility index (Phi) is 5.19. The van der Waals surface area contributed by atoms with Gasteiger partial charge in [0.05, 0.1) is 0 Å². The van der Waals surface area contributed by atoms with Crippen LogP contribution in [0.1, 0.15) is 45.9 Å². The SMILES string of the molecule is CCC(C)CN(C)c1cc(Cl)nc(C(C)C)n1. The third-order valence-corrected chi connectivity index (χ3v) is 3.08. The van der Waals surface area contributed by atoms with Crippen molar-refractivity contribution in [3.63, 3.8) is 0 Å². The number of hydrogen-bond donors (Lipinski definition) is 0. The Hall–Kier alpha value is -0.830. The van der Waals surface area contributed by atoms with Gasteiger partial charge < -0.3 is 4.90 Å². The van der Waals surface area contributed by atoms with Gasteiger partial charge >= 0.3 is 0 Å². The molecule has 1 unspecified atom stereocenters. The van der Waals surface area contributed by atoms with E-state index in [0.717, 1.165) is 18.2 Å². The second-order valence-electron chi connectivity index (χ2n) is 4.96. The molecule has 3 nitrogen and oxygen atoms in total. The van der Waals surface area contributed by atoms with Gasteiger partial charge in [-0.05, 0) is 5.92 Å². The fourth-order valence-corrected chi connectivity index (χ4v) is 1.75. The van der Waals surface area contributed by atoms with Crippen LogP contribution in [0.25, 0.3) is 0 Å². The number of anilines is 1. The summed E-state index contributed by atoms with van der Waals surface area (Å²) in [4.78, 5) is 10.9. The van der Waals surface area contributed by atoms with Crippen molar-refractivity contribution in [3.05, 3.63) is 17.0 Å². The van der Waals surface area contributed by atoms with Gasteiger partial charge in [-0.3, -0.25) is 0 Å². The number of halogens is 1. The van der Waals surface area contributed by atoms with Gasteiger partial charge in [-0.2, -0.15) is 0 Å². The minimum Gasteiger partial charge on any atom is -0.359 e. The molecule has 1 rings (SSSR count). The van der Waals surface area contributed by atoms with E-state index in [4.69, 9.17) is 11.6 Å². The fraction of sp³-hybridized carbons (Fsp3) is 0.692. The second kappa shape index (κ2) is 6.20. The highest BCUT2D eigenvalue weighted by Crippen LogP contribution is 2.20. The molecule has 0 aliphatic rings. The average molecular weight is 256 g/mol. The van der Waals surface area contributed by atoms with E-state index in [1.165, 1.54) is 6.42 Å². The van der Waals surface area contributed by atoms with Gasteiger partial charge in [0.1, 0.15) is 16.8 Å². The predicted octanol–water partition coefficient (Wildman–Crippen LogP) is 3.74. The van der Waals surface area contributed by atoms with E-state index in [9.17, 15) is 0 Å². The summed E-state index contributed by atoms with van der Waals surface area (Å²) in [6.45, 7) is 9.57. The summed E-state index contributed by atoms with van der Waals surface area (Å²) < 4.78 is 0. The van der Waals surface area contributed by atoms with E-state index in [0.29, 0.717) is 17.0 Å². The smallest absolute Gasteiger partial charge is 0.135 e. The Bertz CT molecular complexity index is 366. The van der Waals surface area contributed by atoms with Crippen molar-refractivity contribution in [2.45, 2.75) is 40.0 Å². The van der Waals surface area contributed by atoms with E-state index in [-0.39, 0.29) is 0 Å². The summed E-state index contributed by atoms with van der Waals surface area (Å²) in [5.41, 5.74) is 0. The van der Waals surface area contributed by atoms with E-state index < -0.39 is 0 Å². The predicted molar refractivity (Wildman–Crippen MR) is 73.9 cm³/mol. The summed E-state index contributed by atoms with van der Waals surface area (Å²) in [6, 6.07) is 1.83. The quantitative estimate of drug-likeness (QED) is 0.751. The van der Waals surface area contributed by atoms with Gasteiger partial charge in [-0.1, -0.05) is 45.7 Å². The summed E-state index contributed by atoms with van der Waals surface area (Å²) in [5, 5.41) is 0.523. The highest BCUT2D eigenvalue weighted by molar-refractivity contribution is 6.29. The first-order valence-corrected chi connectivity index (χ1v) is 6.57. The standard InChI is InChI=1S/C13H22ClN3/c1-6-10(4)8-17(5)12-7-11(14)15-13(16-12)9(2)3/h7,9-10H,6,8H2,1-5H3. The van der Waals surface area contributed by atoms with Gasteiger partial charge in [0.2, 0.25) is 0 Å². The Balaban J connectivity index is 2.89. The molecule has 1 atom stereocenters. The Morgan fingerprint density at radius 2 is 1.94 bits per heavy atom. The van der Waals surface area contributed by atoms with Crippen molar-refractivity contribution in [1.29, 1.82) is 0 Å². The van der Waals surface area contributed by atoms with E-state index >= 15 is 0 Å². The van der Waals surface area contributed by atoms with E-state index in [1.54, 1.807) is 0 Å². The minimum atomic E-state index is 0.296. The van der Waals surface area contributed by atoms with Crippen molar-refractivity contribution in [3.8, 4) is 0 Å². The molecule has 0 N–H and O–H groups in total. The van der Waals surface area contributed by atoms with Crippen molar-refractivity contribution >= 4 is 17.4 Å². The topological polar surface area (TPSA) is 29.0 Å². The molecule has 0 saturated heterocycles. The van der Waals surface area contributed by atoms with Crippen LogP contribution in [0, 0.1) is 5.92 Å². The van der Waals surface area contributed by atoms with Crippen LogP contribution < -0.4 is 4.90 Å². The maximum absolute atomic E-state index is 6.03. The summed E-state index contributed by atoms with van der Waals surface area (Å²) in [5.74, 6) is 2.66. The van der Waals surface area contributed by atoms with Crippen molar-refractivity contribution < 1.29 is 0 Å². The summed E-state index contributed by atoms with van der Waals surface area (Å²) in [6.07, 6.45) is 1.17. The average Bonchev–Trinajstić information content (AvgIpc) is 2.27. The second-order valence-corrected chi connectivity index (χ2v) is 5.34. The maximum Gasteiger partial charge on any atom is 0.135 e. The van der Waals surface area contributed by atoms with Crippen LogP contribution in [-0.4, -0.2) is 23.6 Å². The van der Waals surface area contributed by atoms with Gasteiger partial charge in [-0.25, -0.2) is 9.97 Å². The van der Waals surface area contributed by atoms with Crippen LogP contribution in [0.3, 0.4) is 0 Å². The minimum absolute atomic E-state index is 0.296. The first-order valence-electron chi connectivity index (χ1n) is 6.19. The van der Waals surface area contributed by atoms with E-state index in [1.807, 2.05) is 6.07 Å². The van der Waals surface area contributed by atoms with Gasteiger partial charge in [0.25, 0.3) is 0 Å². The van der Waals surface area contributed by atoms with Crippen LogP contribution in [0.2, 0.25) is 5.15 Å². The molecular weight excluding hydrogens is 234 g/mol. The largest absolute Gasteiger partial charge is 0.359 e. The van der Waals surface area contributed by atoms with Gasteiger partial charge in [-0.15, -0.1) is 0 Å². The lowest BCUT2D eigenvalue weighted by molar-refractivity contribution is 0.556. The first-order chi connectivity index (χ1) is 7.93. The first kappa shape index (κ1) is 14.2. The third-order valence-electron chi connectivity index (χ3n) is 2.89. The van der Waals surface area contributed by atoms with Crippen molar-refractivity contribution in [1.82, 2.24) is 9.97 Å². The van der Waals surface area contributed by atoms with E-state index in [2.05, 4.69) is 49.6 Å². The molecule has 0 fully saturated rings. The Morgan fingerprint density at radius 3 is 2.47 bits per heavy atom. The molecule has 0 saturated carbocycles. The van der Waals surface area contributed by atoms with Crippen molar-refractivity contribution in [2.75, 3.05) is 18.5 Å². The number of hydrogen-bond acceptors (Lipinski definition) is 3. The number of nitrogens with zero attached hydrogens (tertiary/aromatic N) is 3. The molecule has 0 aromatic carbocycles. The normalized spacial score (nSPS) is 12.9. The molecule has 96 valence electrons. The molecule has 0 radical (unpaired) electrons. The molecule has 0 bridgehead atoms. The summed E-state index contributed by atoms with van der Waals surface area (Å²) in [7, 11) is 2.05. The molecule has 1 aromatic rings. The number of aromatic nitrogens is 2. The Morgan fingerprint density at radius 1 is 1.29 bits per heavy atom. The molecule has 4 heteroatoms. The molecule has 0 aliphatic heterocycles. The summed E-state index contributed by atoms with van der Waals surface area (Å²) >= 11 is 6.03. The number of rotatable bonds is 5. The van der Waals surface area contributed by atoms with Crippen LogP contribution in [-0.2, 0) is 0 Å². The molecule has 1 heterocycles. The molecule has 0 spiro atoms. The zero-order valence-corrected chi connectivity index (χ0v) is 12.1. The zero-order chi connectivity index (χ0) is 13.0. The lowest BCUT2D eigenvalue weighted by Gasteiger charge is -2.22. The molecule has 0 aliphatic carbocycles. The molecule has 0 amide bonds. The highest BCUT2D eigenvalue weighted by atomic mass is 35.5. The Labute approximate surface area is 109 Å². The molecular formula is C13H22ClN3. The van der Waals surface area contributed by atoms with Crippen LogP contribution in [0.4, 0.5) is 5.82 Å². The van der Waals surface area contributed by atoms with Gasteiger partial charge in [0.15, 0.2) is 0 Å². The van der Waals surface area contributed by atoms with Crippen LogP contribution in [0.15, 0.2) is 6.07 Å². The monoisotopic (exact) mass is 255 g/mol. The van der Waals surface area contributed by atoms with Crippen molar-refractivity contribution in [2.24, 2.45) is 5.92 Å². The van der Waals surface area contributed by atoms with Crippen LogP contribution >= 0.6 is 11.6 Å². The lowest BCUT2D eigenvalue weighted by Crippen LogP contribution is -2.25. The third kappa shape index (κ3) is 4.15. The van der Waals surface area contributed by atoms with Gasteiger partial charge in [0, 0.05) is 25.6 Å². The highest BCUT2D eigenvalue weighted by Gasteiger charge is 2.11. The molecule has 17 heavy (non-hydrogen) atoms. The maximum atomic E-state index is 6.03. The molecule has 1 aromatic heterocycles. The fourth-order valence-electron chi connectivity index (χ4n) is 1.57. The lowest BCUT2D eigenvalue weighted by atomic mass is 10.1. The van der Waals surface area contributed by atoms with Crippen LogP contribution in [0.5, 0.6) is 0 Å².